The van der Waals surface area contributed by atoms with E-state index in [4.69, 9.17) is 5.73 Å². The van der Waals surface area contributed by atoms with Crippen molar-refractivity contribution in [1.29, 1.82) is 0 Å². The molecule has 0 aliphatic rings. The van der Waals surface area contributed by atoms with Crippen molar-refractivity contribution >= 4 is 26.5 Å². The maximum absolute atomic E-state index is 11.9. The lowest BCUT2D eigenvalue weighted by Gasteiger charge is -2.06. The second kappa shape index (κ2) is 6.34. The molecule has 3 N–H and O–H groups in total. The molecule has 0 saturated carbocycles. The molecule has 0 fully saturated rings. The Kier molecular flexibility index (Phi) is 4.74. The number of rotatable bonds is 6. The zero-order valence-corrected chi connectivity index (χ0v) is 12.8. The van der Waals surface area contributed by atoms with Crippen LogP contribution >= 0.6 is 11.3 Å². The Morgan fingerprint density at radius 3 is 2.60 bits per heavy atom. The van der Waals surface area contributed by atoms with Crippen molar-refractivity contribution in [3.8, 4) is 0 Å². The standard InChI is InChI=1S/C13H17N3O2S2/c1-10-2-4-11(5-3-10)9-20(17,18)15-7-6-12-8-19-13(14)16-12/h2-5,8,15H,6-7,9H2,1H3,(H2,14,16). The molecular formula is C13H17N3O2S2. The lowest BCUT2D eigenvalue weighted by molar-refractivity contribution is 0.580. The van der Waals surface area contributed by atoms with Gasteiger partial charge in [-0.2, -0.15) is 0 Å². The highest BCUT2D eigenvalue weighted by Gasteiger charge is 2.11. The van der Waals surface area contributed by atoms with Gasteiger partial charge in [0, 0.05) is 18.3 Å². The molecule has 0 radical (unpaired) electrons. The highest BCUT2D eigenvalue weighted by molar-refractivity contribution is 7.88. The molecule has 0 amide bonds. The summed E-state index contributed by atoms with van der Waals surface area (Å²) in [4.78, 5) is 4.09. The lowest BCUT2D eigenvalue weighted by Crippen LogP contribution is -2.27. The van der Waals surface area contributed by atoms with Crippen LogP contribution in [0.25, 0.3) is 0 Å². The van der Waals surface area contributed by atoms with Gasteiger partial charge in [0.05, 0.1) is 11.4 Å². The fraction of sp³-hybridized carbons (Fsp3) is 0.308. The van der Waals surface area contributed by atoms with Gasteiger partial charge in [0.1, 0.15) is 0 Å². The summed E-state index contributed by atoms with van der Waals surface area (Å²) in [6, 6.07) is 7.47. The summed E-state index contributed by atoms with van der Waals surface area (Å²) in [7, 11) is -3.32. The van der Waals surface area contributed by atoms with Gasteiger partial charge >= 0.3 is 0 Å². The van der Waals surface area contributed by atoms with E-state index >= 15 is 0 Å². The molecule has 20 heavy (non-hydrogen) atoms. The topological polar surface area (TPSA) is 85.1 Å². The summed E-state index contributed by atoms with van der Waals surface area (Å²) in [5.74, 6) is -0.00746. The predicted octanol–water partition coefficient (Wildman–Crippen LogP) is 1.70. The minimum absolute atomic E-state index is 0.00746. The first-order valence-electron chi connectivity index (χ1n) is 6.17. The number of aromatic nitrogens is 1. The largest absolute Gasteiger partial charge is 0.375 e. The highest BCUT2D eigenvalue weighted by Crippen LogP contribution is 2.11. The number of hydrogen-bond donors (Lipinski definition) is 2. The van der Waals surface area contributed by atoms with Gasteiger partial charge in [-0.3, -0.25) is 0 Å². The minimum Gasteiger partial charge on any atom is -0.375 e. The minimum atomic E-state index is -3.32. The number of hydrogen-bond acceptors (Lipinski definition) is 5. The molecule has 108 valence electrons. The van der Waals surface area contributed by atoms with E-state index in [1.54, 1.807) is 0 Å². The van der Waals surface area contributed by atoms with E-state index in [1.807, 2.05) is 36.6 Å². The quantitative estimate of drug-likeness (QED) is 0.850. The molecule has 2 rings (SSSR count). The Morgan fingerprint density at radius 1 is 1.30 bits per heavy atom. The molecule has 1 aromatic carbocycles. The van der Waals surface area contributed by atoms with E-state index in [2.05, 4.69) is 9.71 Å². The monoisotopic (exact) mass is 311 g/mol. The number of nitrogens with one attached hydrogen (secondary N) is 1. The maximum atomic E-state index is 11.9. The lowest BCUT2D eigenvalue weighted by atomic mass is 10.2. The van der Waals surface area contributed by atoms with Crippen molar-refractivity contribution in [3.05, 3.63) is 46.5 Å². The first-order chi connectivity index (χ1) is 9.44. The number of anilines is 1. The summed E-state index contributed by atoms with van der Waals surface area (Å²) in [5, 5.41) is 2.34. The average molecular weight is 311 g/mol. The van der Waals surface area contributed by atoms with Crippen molar-refractivity contribution in [2.45, 2.75) is 19.1 Å². The molecule has 0 bridgehead atoms. The molecule has 0 aliphatic carbocycles. The van der Waals surface area contributed by atoms with Gasteiger partial charge in [-0.25, -0.2) is 18.1 Å². The number of benzene rings is 1. The number of nitrogen functional groups attached to an aromatic ring is 1. The van der Waals surface area contributed by atoms with Gasteiger partial charge in [0.2, 0.25) is 10.0 Å². The maximum Gasteiger partial charge on any atom is 0.215 e. The van der Waals surface area contributed by atoms with Crippen LogP contribution in [-0.4, -0.2) is 19.9 Å². The van der Waals surface area contributed by atoms with Gasteiger partial charge < -0.3 is 5.73 Å². The summed E-state index contributed by atoms with van der Waals surface area (Å²) in [6.07, 6.45) is 0.542. The Balaban J connectivity index is 1.86. The van der Waals surface area contributed by atoms with E-state index in [9.17, 15) is 8.42 Å². The van der Waals surface area contributed by atoms with Crippen molar-refractivity contribution < 1.29 is 8.42 Å². The highest BCUT2D eigenvalue weighted by atomic mass is 32.2. The van der Waals surface area contributed by atoms with Crippen LogP contribution in [0.1, 0.15) is 16.8 Å². The van der Waals surface area contributed by atoms with Crippen LogP contribution < -0.4 is 10.5 Å². The van der Waals surface area contributed by atoms with Crippen molar-refractivity contribution in [3.63, 3.8) is 0 Å². The van der Waals surface area contributed by atoms with Crippen LogP contribution in [-0.2, 0) is 22.2 Å². The second-order valence-electron chi connectivity index (χ2n) is 4.57. The Labute approximate surface area is 122 Å². The van der Waals surface area contributed by atoms with E-state index in [0.29, 0.717) is 18.1 Å². The van der Waals surface area contributed by atoms with Gasteiger partial charge in [-0.15, -0.1) is 11.3 Å². The van der Waals surface area contributed by atoms with Crippen LogP contribution in [0.3, 0.4) is 0 Å². The van der Waals surface area contributed by atoms with Crippen molar-refractivity contribution in [2.24, 2.45) is 0 Å². The second-order valence-corrected chi connectivity index (χ2v) is 7.26. The SMILES string of the molecule is Cc1ccc(CS(=O)(=O)NCCc2csc(N)n2)cc1. The molecule has 5 nitrogen and oxygen atoms in total. The summed E-state index contributed by atoms with van der Waals surface area (Å²) in [5.41, 5.74) is 8.22. The fourth-order valence-electron chi connectivity index (χ4n) is 1.73. The third-order valence-electron chi connectivity index (χ3n) is 2.75. The van der Waals surface area contributed by atoms with Crippen LogP contribution in [0.15, 0.2) is 29.6 Å². The summed E-state index contributed by atoms with van der Waals surface area (Å²) in [6.45, 7) is 2.30. The Hall–Kier alpha value is -1.44. The number of sulfonamides is 1. The molecule has 0 unspecified atom stereocenters. The van der Waals surface area contributed by atoms with E-state index in [-0.39, 0.29) is 5.75 Å². The normalized spacial score (nSPS) is 11.7. The van der Waals surface area contributed by atoms with E-state index in [0.717, 1.165) is 16.8 Å². The molecule has 1 heterocycles. The molecule has 0 aliphatic heterocycles. The van der Waals surface area contributed by atoms with Crippen LogP contribution in [0, 0.1) is 6.92 Å². The van der Waals surface area contributed by atoms with Gasteiger partial charge in [-0.05, 0) is 12.5 Å². The van der Waals surface area contributed by atoms with Crippen LogP contribution in [0.4, 0.5) is 5.13 Å². The fourth-order valence-corrected chi connectivity index (χ4v) is 3.47. The van der Waals surface area contributed by atoms with Crippen molar-refractivity contribution in [1.82, 2.24) is 9.71 Å². The molecule has 0 saturated heterocycles. The number of nitrogens with two attached hydrogens (primary N) is 1. The van der Waals surface area contributed by atoms with E-state index in [1.165, 1.54) is 11.3 Å². The molecule has 7 heteroatoms. The van der Waals surface area contributed by atoms with E-state index < -0.39 is 10.0 Å². The smallest absolute Gasteiger partial charge is 0.215 e. The molecule has 2 aromatic rings. The Morgan fingerprint density at radius 2 is 2.00 bits per heavy atom. The van der Waals surface area contributed by atoms with Crippen LogP contribution in [0.2, 0.25) is 0 Å². The molecule has 0 spiro atoms. The first-order valence-corrected chi connectivity index (χ1v) is 8.70. The van der Waals surface area contributed by atoms with Gasteiger partial charge in [-0.1, -0.05) is 29.8 Å². The zero-order chi connectivity index (χ0) is 14.6. The zero-order valence-electron chi connectivity index (χ0n) is 11.2. The number of aryl methyl sites for hydroxylation is 1. The summed E-state index contributed by atoms with van der Waals surface area (Å²) >= 11 is 1.36. The van der Waals surface area contributed by atoms with Gasteiger partial charge in [0.15, 0.2) is 5.13 Å². The van der Waals surface area contributed by atoms with Crippen LogP contribution in [0.5, 0.6) is 0 Å². The predicted molar refractivity (Wildman–Crippen MR) is 82.0 cm³/mol. The average Bonchev–Trinajstić information content (AvgIpc) is 2.77. The van der Waals surface area contributed by atoms with Gasteiger partial charge in [0.25, 0.3) is 0 Å². The third-order valence-corrected chi connectivity index (χ3v) is 4.83. The third kappa shape index (κ3) is 4.59. The molecular weight excluding hydrogens is 294 g/mol. The number of thiazole rings is 1. The van der Waals surface area contributed by atoms with Crippen molar-refractivity contribution in [2.75, 3.05) is 12.3 Å². The molecule has 0 atom stereocenters. The Bertz CT molecular complexity index is 663. The first kappa shape index (κ1) is 15.0. The summed E-state index contributed by atoms with van der Waals surface area (Å²) < 4.78 is 26.4. The number of nitrogens with zero attached hydrogens (tertiary/aromatic N) is 1. The molecule has 1 aromatic heterocycles.